The summed E-state index contributed by atoms with van der Waals surface area (Å²) >= 11 is 0. The molecule has 0 saturated carbocycles. The molecule has 6 nitrogen and oxygen atoms in total. The van der Waals surface area contributed by atoms with Crippen LogP contribution in [0.4, 0.5) is 0 Å². The van der Waals surface area contributed by atoms with E-state index in [1.165, 1.54) is 4.90 Å². The molecule has 2 aromatic carbocycles. The Morgan fingerprint density at radius 2 is 1.81 bits per heavy atom. The van der Waals surface area contributed by atoms with Crippen LogP contribution in [0, 0.1) is 13.8 Å². The van der Waals surface area contributed by atoms with Gasteiger partial charge in [-0.1, -0.05) is 30.3 Å². The van der Waals surface area contributed by atoms with Gasteiger partial charge in [0.2, 0.25) is 0 Å². The average Bonchev–Trinajstić information content (AvgIpc) is 3.02. The Hall–Kier alpha value is -3.12. The number of carbonyl (C=O) groups is 2. The third kappa shape index (κ3) is 4.70. The van der Waals surface area contributed by atoms with E-state index >= 15 is 0 Å². The van der Waals surface area contributed by atoms with Crippen molar-refractivity contribution < 1.29 is 24.2 Å². The van der Waals surface area contributed by atoms with Gasteiger partial charge in [0, 0.05) is 24.3 Å². The molecule has 1 N–H and O–H groups in total. The second kappa shape index (κ2) is 10.0. The third-order valence-electron chi connectivity index (χ3n) is 5.75. The van der Waals surface area contributed by atoms with E-state index in [9.17, 15) is 14.7 Å². The van der Waals surface area contributed by atoms with Crippen molar-refractivity contribution >= 4 is 17.4 Å². The van der Waals surface area contributed by atoms with Crippen LogP contribution in [-0.4, -0.2) is 48.1 Å². The first-order chi connectivity index (χ1) is 15.3. The van der Waals surface area contributed by atoms with E-state index in [4.69, 9.17) is 9.47 Å². The van der Waals surface area contributed by atoms with Crippen molar-refractivity contribution in [2.45, 2.75) is 46.3 Å². The molecule has 1 atom stereocenters. The lowest BCUT2D eigenvalue weighted by Gasteiger charge is -2.26. The maximum absolute atomic E-state index is 13.1. The lowest BCUT2D eigenvalue weighted by Crippen LogP contribution is -2.31. The van der Waals surface area contributed by atoms with Gasteiger partial charge in [-0.25, -0.2) is 0 Å². The zero-order chi connectivity index (χ0) is 23.4. The zero-order valence-corrected chi connectivity index (χ0v) is 19.3. The van der Waals surface area contributed by atoms with Crippen LogP contribution in [0.5, 0.6) is 5.75 Å². The molecule has 1 aliphatic rings. The molecular weight excluding hydrogens is 406 g/mol. The predicted molar refractivity (Wildman–Crippen MR) is 124 cm³/mol. The molecule has 1 saturated heterocycles. The van der Waals surface area contributed by atoms with E-state index < -0.39 is 17.7 Å². The van der Waals surface area contributed by atoms with E-state index in [1.54, 1.807) is 19.2 Å². The normalized spacial score (nSPS) is 17.9. The van der Waals surface area contributed by atoms with Crippen molar-refractivity contribution in [3.8, 4) is 5.75 Å². The molecule has 0 spiro atoms. The molecular formula is C26H31NO5. The van der Waals surface area contributed by atoms with Crippen molar-refractivity contribution in [1.82, 2.24) is 4.90 Å². The Labute approximate surface area is 189 Å². The number of aryl methyl sites for hydroxylation is 2. The highest BCUT2D eigenvalue weighted by Crippen LogP contribution is 2.42. The number of ketones is 1. The van der Waals surface area contributed by atoms with Gasteiger partial charge < -0.3 is 19.5 Å². The molecule has 0 bridgehead atoms. The summed E-state index contributed by atoms with van der Waals surface area (Å²) in [6.45, 7) is 8.61. The van der Waals surface area contributed by atoms with Gasteiger partial charge in [0.1, 0.15) is 11.5 Å². The number of aliphatic hydroxyl groups is 1. The van der Waals surface area contributed by atoms with Crippen LogP contribution in [-0.2, 0) is 14.3 Å². The third-order valence-corrected chi connectivity index (χ3v) is 5.75. The number of hydrogen-bond donors (Lipinski definition) is 1. The number of rotatable bonds is 8. The van der Waals surface area contributed by atoms with Gasteiger partial charge in [0.05, 0.1) is 24.8 Å². The fraction of sp³-hybridized carbons (Fsp3) is 0.385. The van der Waals surface area contributed by atoms with E-state index in [1.807, 2.05) is 58.0 Å². The number of para-hydroxylation sites is 1. The molecule has 1 aliphatic heterocycles. The highest BCUT2D eigenvalue weighted by atomic mass is 16.5. The Bertz CT molecular complexity index is 1040. The maximum atomic E-state index is 13.1. The van der Waals surface area contributed by atoms with Crippen molar-refractivity contribution in [1.29, 1.82) is 0 Å². The Morgan fingerprint density at radius 1 is 1.09 bits per heavy atom. The number of Topliss-reactive ketones (excluding diaryl/α,β-unsaturated/α-hetero) is 1. The summed E-state index contributed by atoms with van der Waals surface area (Å²) in [7, 11) is 1.55. The second-order valence-corrected chi connectivity index (χ2v) is 8.31. The monoisotopic (exact) mass is 437 g/mol. The van der Waals surface area contributed by atoms with Gasteiger partial charge in [-0.05, 0) is 57.4 Å². The number of hydrogen-bond acceptors (Lipinski definition) is 5. The quantitative estimate of drug-likeness (QED) is 0.284. The maximum Gasteiger partial charge on any atom is 0.295 e. The summed E-state index contributed by atoms with van der Waals surface area (Å²) < 4.78 is 11.1. The minimum Gasteiger partial charge on any atom is -0.507 e. The lowest BCUT2D eigenvalue weighted by atomic mass is 9.93. The molecule has 0 radical (unpaired) electrons. The molecule has 170 valence electrons. The van der Waals surface area contributed by atoms with Crippen LogP contribution in [0.1, 0.15) is 48.6 Å². The number of likely N-dealkylation sites (tertiary alicyclic amines) is 1. The van der Waals surface area contributed by atoms with Gasteiger partial charge in [0.15, 0.2) is 0 Å². The highest BCUT2D eigenvalue weighted by molar-refractivity contribution is 6.46. The molecule has 0 aromatic heterocycles. The number of aliphatic hydroxyl groups excluding tert-OH is 1. The number of nitrogens with zero attached hydrogens (tertiary/aromatic N) is 1. The summed E-state index contributed by atoms with van der Waals surface area (Å²) in [6.07, 6.45) is 0.653. The number of carbonyl (C=O) groups excluding carboxylic acids is 2. The molecule has 1 heterocycles. The summed E-state index contributed by atoms with van der Waals surface area (Å²) in [5.74, 6) is -0.950. The fourth-order valence-corrected chi connectivity index (χ4v) is 3.92. The van der Waals surface area contributed by atoms with E-state index in [2.05, 4.69) is 0 Å². The molecule has 1 unspecified atom stereocenters. The van der Waals surface area contributed by atoms with Crippen LogP contribution in [0.15, 0.2) is 48.0 Å². The summed E-state index contributed by atoms with van der Waals surface area (Å²) in [5.41, 5.74) is 3.31. The molecule has 3 rings (SSSR count). The topological polar surface area (TPSA) is 76.1 Å². The van der Waals surface area contributed by atoms with Crippen molar-refractivity contribution in [2.24, 2.45) is 0 Å². The Kier molecular flexibility index (Phi) is 7.36. The summed E-state index contributed by atoms with van der Waals surface area (Å²) in [5, 5.41) is 11.2. The largest absolute Gasteiger partial charge is 0.507 e. The standard InChI is InChI=1S/C26H31NO5/c1-16(2)32-14-8-13-27-23(20-9-6-7-10-21(20)31-5)22(25(29)26(27)30)24(28)19-12-11-17(3)18(4)15-19/h6-7,9-12,15-16,23,28H,8,13-14H2,1-5H3/b24-22+. The van der Waals surface area contributed by atoms with Crippen molar-refractivity contribution in [3.63, 3.8) is 0 Å². The van der Waals surface area contributed by atoms with Crippen LogP contribution in [0.2, 0.25) is 0 Å². The number of methoxy groups -OCH3 is 1. The van der Waals surface area contributed by atoms with Gasteiger partial charge >= 0.3 is 0 Å². The minimum atomic E-state index is -0.744. The second-order valence-electron chi connectivity index (χ2n) is 8.31. The Balaban J connectivity index is 2.10. The van der Waals surface area contributed by atoms with Crippen LogP contribution < -0.4 is 4.74 Å². The summed E-state index contributed by atoms with van der Waals surface area (Å²) in [4.78, 5) is 27.7. The first-order valence-electron chi connectivity index (χ1n) is 10.9. The van der Waals surface area contributed by atoms with Gasteiger partial charge in [-0.3, -0.25) is 9.59 Å². The van der Waals surface area contributed by atoms with Crippen LogP contribution >= 0.6 is 0 Å². The van der Waals surface area contributed by atoms with Crippen molar-refractivity contribution in [2.75, 3.05) is 20.3 Å². The molecule has 2 aromatic rings. The summed E-state index contributed by atoms with van der Waals surface area (Å²) in [6, 6.07) is 12.0. The smallest absolute Gasteiger partial charge is 0.295 e. The van der Waals surface area contributed by atoms with Gasteiger partial charge in [-0.15, -0.1) is 0 Å². The van der Waals surface area contributed by atoms with Crippen LogP contribution in [0.25, 0.3) is 5.76 Å². The highest BCUT2D eigenvalue weighted by Gasteiger charge is 2.46. The number of benzene rings is 2. The molecule has 1 amide bonds. The van der Waals surface area contributed by atoms with Gasteiger partial charge in [0.25, 0.3) is 11.7 Å². The number of amides is 1. The van der Waals surface area contributed by atoms with Gasteiger partial charge in [-0.2, -0.15) is 0 Å². The van der Waals surface area contributed by atoms with E-state index in [-0.39, 0.29) is 17.4 Å². The molecule has 6 heteroatoms. The minimum absolute atomic E-state index is 0.0764. The number of ether oxygens (including phenoxy) is 2. The van der Waals surface area contributed by atoms with E-state index in [0.717, 1.165) is 11.1 Å². The van der Waals surface area contributed by atoms with Crippen LogP contribution in [0.3, 0.4) is 0 Å². The van der Waals surface area contributed by atoms with E-state index in [0.29, 0.717) is 36.4 Å². The SMILES string of the molecule is COc1ccccc1C1/C(=C(\O)c2ccc(C)c(C)c2)C(=O)C(=O)N1CCCOC(C)C. The molecule has 1 fully saturated rings. The zero-order valence-electron chi connectivity index (χ0n) is 19.3. The first kappa shape index (κ1) is 23.5. The molecule has 0 aliphatic carbocycles. The fourth-order valence-electron chi connectivity index (χ4n) is 3.92. The lowest BCUT2D eigenvalue weighted by molar-refractivity contribution is -0.140. The molecule has 32 heavy (non-hydrogen) atoms. The average molecular weight is 438 g/mol. The van der Waals surface area contributed by atoms with Crippen molar-refractivity contribution in [3.05, 3.63) is 70.3 Å². The predicted octanol–water partition coefficient (Wildman–Crippen LogP) is 4.55. The Morgan fingerprint density at radius 3 is 2.47 bits per heavy atom. The first-order valence-corrected chi connectivity index (χ1v) is 10.9.